The molecule has 0 amide bonds. The van der Waals surface area contributed by atoms with E-state index in [-0.39, 0.29) is 5.92 Å². The third-order valence-electron chi connectivity index (χ3n) is 7.29. The molecule has 0 spiro atoms. The molecule has 0 radical (unpaired) electrons. The number of hydrogen-bond donors (Lipinski definition) is 2. The summed E-state index contributed by atoms with van der Waals surface area (Å²) in [5.41, 5.74) is -1.28. The minimum atomic E-state index is -0.802. The molecule has 0 aliphatic heterocycles. The predicted molar refractivity (Wildman–Crippen MR) is 102 cm³/mol. The first-order valence-electron chi connectivity index (χ1n) is 10.4. The Kier molecular flexibility index (Phi) is 6.96. The fourth-order valence-electron chi connectivity index (χ4n) is 5.44. The van der Waals surface area contributed by atoms with Gasteiger partial charge in [-0.05, 0) is 49.9 Å². The van der Waals surface area contributed by atoms with Crippen molar-refractivity contribution in [1.29, 1.82) is 0 Å². The summed E-state index contributed by atoms with van der Waals surface area (Å²) in [6, 6.07) is 0. The molecule has 2 heteroatoms. The first-order valence-corrected chi connectivity index (χ1v) is 10.4. The second kappa shape index (κ2) is 8.36. The molecule has 0 aromatic heterocycles. The van der Waals surface area contributed by atoms with Gasteiger partial charge in [-0.25, -0.2) is 0 Å². The van der Waals surface area contributed by atoms with Gasteiger partial charge in [-0.2, -0.15) is 0 Å². The molecular weight excluding hydrogens is 296 g/mol. The summed E-state index contributed by atoms with van der Waals surface area (Å²) in [7, 11) is 0. The van der Waals surface area contributed by atoms with Gasteiger partial charge in [0, 0.05) is 5.41 Å². The normalized spacial score (nSPS) is 27.3. The molecule has 24 heavy (non-hydrogen) atoms. The summed E-state index contributed by atoms with van der Waals surface area (Å²) in [5.74, 6) is 1.51. The van der Waals surface area contributed by atoms with Crippen molar-refractivity contribution in [3.63, 3.8) is 0 Å². The van der Waals surface area contributed by atoms with Crippen molar-refractivity contribution in [2.24, 2.45) is 23.2 Å². The third kappa shape index (κ3) is 3.90. The molecule has 4 unspecified atom stereocenters. The minimum Gasteiger partial charge on any atom is -0.392 e. The van der Waals surface area contributed by atoms with E-state index in [9.17, 15) is 10.2 Å². The van der Waals surface area contributed by atoms with E-state index in [1.807, 2.05) is 0 Å². The van der Waals surface area contributed by atoms with E-state index < -0.39 is 17.1 Å². The summed E-state index contributed by atoms with van der Waals surface area (Å²) in [6.07, 6.45) is 15.4. The van der Waals surface area contributed by atoms with Gasteiger partial charge in [-0.15, -0.1) is 0 Å². The standard InChI is InChI=1S/C22H40O2/c1-5-11-20(23)21(3,4)22(24,6-2)19(18-14-9-10-15-18)16-17-12-7-8-13-17/h9,14,17-20,23-24H,5-8,10-13,15-16H2,1-4H3. The molecule has 2 aliphatic rings. The highest BCUT2D eigenvalue weighted by Gasteiger charge is 2.53. The summed E-state index contributed by atoms with van der Waals surface area (Å²) in [6.45, 7) is 8.41. The quantitative estimate of drug-likeness (QED) is 0.548. The molecule has 2 aliphatic carbocycles. The van der Waals surface area contributed by atoms with E-state index in [0.717, 1.165) is 38.0 Å². The summed E-state index contributed by atoms with van der Waals surface area (Å²) < 4.78 is 0. The number of aliphatic hydroxyl groups is 2. The van der Waals surface area contributed by atoms with E-state index in [1.54, 1.807) is 0 Å². The molecule has 0 heterocycles. The predicted octanol–water partition coefficient (Wildman–Crippen LogP) is 5.48. The Hall–Kier alpha value is -0.340. The van der Waals surface area contributed by atoms with Crippen molar-refractivity contribution in [3.8, 4) is 0 Å². The molecule has 2 nitrogen and oxygen atoms in total. The maximum Gasteiger partial charge on any atom is 0.0754 e. The Morgan fingerprint density at radius 1 is 1.12 bits per heavy atom. The Bertz CT molecular complexity index is 408. The third-order valence-corrected chi connectivity index (χ3v) is 7.29. The molecule has 0 bridgehead atoms. The van der Waals surface area contributed by atoms with Crippen molar-refractivity contribution in [3.05, 3.63) is 12.2 Å². The van der Waals surface area contributed by atoms with Crippen LogP contribution in [0, 0.1) is 23.2 Å². The molecule has 1 saturated carbocycles. The first kappa shape index (κ1) is 20.0. The summed E-state index contributed by atoms with van der Waals surface area (Å²) in [4.78, 5) is 0. The van der Waals surface area contributed by atoms with Crippen LogP contribution in [-0.2, 0) is 0 Å². The van der Waals surface area contributed by atoms with Crippen molar-refractivity contribution in [2.75, 3.05) is 0 Å². The lowest BCUT2D eigenvalue weighted by Crippen LogP contribution is -2.57. The summed E-state index contributed by atoms with van der Waals surface area (Å²) >= 11 is 0. The van der Waals surface area contributed by atoms with Gasteiger partial charge in [0.1, 0.15) is 0 Å². The van der Waals surface area contributed by atoms with E-state index in [0.29, 0.717) is 5.92 Å². The molecular formula is C22H40O2. The van der Waals surface area contributed by atoms with Crippen LogP contribution < -0.4 is 0 Å². The average Bonchev–Trinajstić information content (AvgIpc) is 3.25. The Morgan fingerprint density at radius 2 is 1.79 bits per heavy atom. The minimum absolute atomic E-state index is 0.269. The fraction of sp³-hybridized carbons (Fsp3) is 0.909. The van der Waals surface area contributed by atoms with Crippen molar-refractivity contribution < 1.29 is 10.2 Å². The number of rotatable bonds is 9. The summed E-state index contributed by atoms with van der Waals surface area (Å²) in [5, 5.41) is 22.7. The van der Waals surface area contributed by atoms with Gasteiger partial charge in [0.2, 0.25) is 0 Å². The zero-order valence-electron chi connectivity index (χ0n) is 16.4. The van der Waals surface area contributed by atoms with Gasteiger partial charge in [0.25, 0.3) is 0 Å². The van der Waals surface area contributed by atoms with Crippen molar-refractivity contribution in [1.82, 2.24) is 0 Å². The van der Waals surface area contributed by atoms with Crippen LogP contribution in [0.25, 0.3) is 0 Å². The molecule has 0 aromatic carbocycles. The van der Waals surface area contributed by atoms with Crippen LogP contribution in [0.3, 0.4) is 0 Å². The maximum absolute atomic E-state index is 11.9. The number of hydrogen-bond acceptors (Lipinski definition) is 2. The van der Waals surface area contributed by atoms with E-state index in [4.69, 9.17) is 0 Å². The highest BCUT2D eigenvalue weighted by Crippen LogP contribution is 2.51. The van der Waals surface area contributed by atoms with Gasteiger partial charge < -0.3 is 10.2 Å². The zero-order chi connectivity index (χ0) is 17.8. The molecule has 4 atom stereocenters. The number of aliphatic hydroxyl groups excluding tert-OH is 1. The Balaban J connectivity index is 2.29. The first-order chi connectivity index (χ1) is 11.4. The second-order valence-corrected chi connectivity index (χ2v) is 8.97. The second-order valence-electron chi connectivity index (χ2n) is 8.97. The lowest BCUT2D eigenvalue weighted by Gasteiger charge is -2.52. The maximum atomic E-state index is 11.9. The lowest BCUT2D eigenvalue weighted by molar-refractivity contribution is -0.174. The zero-order valence-corrected chi connectivity index (χ0v) is 16.4. The van der Waals surface area contributed by atoms with Gasteiger partial charge in [0.05, 0.1) is 11.7 Å². The molecule has 0 saturated heterocycles. The monoisotopic (exact) mass is 336 g/mol. The van der Waals surface area contributed by atoms with E-state index >= 15 is 0 Å². The van der Waals surface area contributed by atoms with Crippen LogP contribution in [0.15, 0.2) is 12.2 Å². The van der Waals surface area contributed by atoms with Crippen LogP contribution >= 0.6 is 0 Å². The van der Waals surface area contributed by atoms with Gasteiger partial charge in [0.15, 0.2) is 0 Å². The highest BCUT2D eigenvalue weighted by atomic mass is 16.3. The molecule has 140 valence electrons. The van der Waals surface area contributed by atoms with E-state index in [2.05, 4.69) is 39.8 Å². The van der Waals surface area contributed by atoms with Crippen LogP contribution in [0.5, 0.6) is 0 Å². The van der Waals surface area contributed by atoms with Crippen molar-refractivity contribution in [2.45, 2.75) is 104 Å². The topological polar surface area (TPSA) is 40.5 Å². The molecule has 2 N–H and O–H groups in total. The van der Waals surface area contributed by atoms with E-state index in [1.165, 1.54) is 32.1 Å². The molecule has 0 aromatic rings. The SMILES string of the molecule is CCCC(O)C(C)(C)C(O)(CC)C(CC1CCCC1)C1C=CCC1. The van der Waals surface area contributed by atoms with Gasteiger partial charge in [-0.3, -0.25) is 0 Å². The Labute approximate surface area is 149 Å². The van der Waals surface area contributed by atoms with Gasteiger partial charge in [-0.1, -0.05) is 72.0 Å². The van der Waals surface area contributed by atoms with Gasteiger partial charge >= 0.3 is 0 Å². The smallest absolute Gasteiger partial charge is 0.0754 e. The van der Waals surface area contributed by atoms with Crippen LogP contribution in [0.1, 0.15) is 91.9 Å². The Morgan fingerprint density at radius 3 is 2.29 bits per heavy atom. The number of allylic oxidation sites excluding steroid dienone is 2. The highest BCUT2D eigenvalue weighted by molar-refractivity contribution is 5.09. The van der Waals surface area contributed by atoms with Crippen LogP contribution in [0.4, 0.5) is 0 Å². The van der Waals surface area contributed by atoms with Crippen LogP contribution in [-0.4, -0.2) is 21.9 Å². The van der Waals surface area contributed by atoms with Crippen LogP contribution in [0.2, 0.25) is 0 Å². The fourth-order valence-corrected chi connectivity index (χ4v) is 5.44. The average molecular weight is 337 g/mol. The largest absolute Gasteiger partial charge is 0.392 e. The lowest BCUT2D eigenvalue weighted by atomic mass is 9.58. The molecule has 1 fully saturated rings. The molecule has 2 rings (SSSR count). The van der Waals surface area contributed by atoms with Crippen molar-refractivity contribution >= 4 is 0 Å².